The zero-order valence-corrected chi connectivity index (χ0v) is 14.4. The molecule has 0 saturated carbocycles. The van der Waals surface area contributed by atoms with Crippen molar-refractivity contribution in [1.82, 2.24) is 14.7 Å². The number of hydrogen-bond acceptors (Lipinski definition) is 3. The van der Waals surface area contributed by atoms with E-state index < -0.39 is 0 Å². The van der Waals surface area contributed by atoms with E-state index in [4.69, 9.17) is 0 Å². The molecule has 0 bridgehead atoms. The van der Waals surface area contributed by atoms with Crippen LogP contribution in [0.2, 0.25) is 0 Å². The minimum absolute atomic E-state index is 0.779. The highest BCUT2D eigenvalue weighted by Crippen LogP contribution is 2.30. The molecule has 21 heavy (non-hydrogen) atoms. The average molecular weight is 293 g/mol. The number of rotatable bonds is 3. The van der Waals surface area contributed by atoms with Crippen LogP contribution in [0, 0.1) is 5.92 Å². The van der Waals surface area contributed by atoms with Gasteiger partial charge in [-0.05, 0) is 51.2 Å². The number of piperidine rings is 2. The lowest BCUT2D eigenvalue weighted by atomic mass is 9.89. The summed E-state index contributed by atoms with van der Waals surface area (Å²) in [5.74, 6) is 0.782. The summed E-state index contributed by atoms with van der Waals surface area (Å²) >= 11 is 0. The Morgan fingerprint density at radius 2 is 1.71 bits per heavy atom. The second-order valence-electron chi connectivity index (χ2n) is 7.84. The topological polar surface area (TPSA) is 9.72 Å². The molecule has 3 nitrogen and oxygen atoms in total. The van der Waals surface area contributed by atoms with E-state index in [1.807, 2.05) is 0 Å². The molecule has 3 unspecified atom stereocenters. The standard InChI is InChI=1S/C18H35N3/c1-4-19-10-7-9-17(12-19)21-13-16-8-5-6-11-20(16)14-18(21)15(2)3/h15-18H,4-14H2,1-3H3. The smallest absolute Gasteiger partial charge is 0.0250 e. The van der Waals surface area contributed by atoms with Crippen LogP contribution >= 0.6 is 0 Å². The quantitative estimate of drug-likeness (QED) is 0.792. The van der Waals surface area contributed by atoms with Gasteiger partial charge in [0, 0.05) is 37.8 Å². The fraction of sp³-hybridized carbons (Fsp3) is 1.00. The van der Waals surface area contributed by atoms with Gasteiger partial charge in [0.2, 0.25) is 0 Å². The van der Waals surface area contributed by atoms with Crippen LogP contribution in [-0.2, 0) is 0 Å². The van der Waals surface area contributed by atoms with Crippen LogP contribution in [0.1, 0.15) is 52.9 Å². The lowest BCUT2D eigenvalue weighted by Crippen LogP contribution is -2.65. The second kappa shape index (κ2) is 6.97. The maximum atomic E-state index is 2.93. The van der Waals surface area contributed by atoms with Crippen LogP contribution in [0.25, 0.3) is 0 Å². The molecule has 0 aliphatic carbocycles. The summed E-state index contributed by atoms with van der Waals surface area (Å²) in [6.45, 7) is 15.1. The third kappa shape index (κ3) is 3.46. The Labute approximate surface area is 131 Å². The van der Waals surface area contributed by atoms with Crippen molar-refractivity contribution >= 4 is 0 Å². The van der Waals surface area contributed by atoms with Crippen molar-refractivity contribution in [3.8, 4) is 0 Å². The summed E-state index contributed by atoms with van der Waals surface area (Å²) < 4.78 is 0. The summed E-state index contributed by atoms with van der Waals surface area (Å²) in [7, 11) is 0. The van der Waals surface area contributed by atoms with Crippen LogP contribution in [0.5, 0.6) is 0 Å². The van der Waals surface area contributed by atoms with Gasteiger partial charge in [0.05, 0.1) is 0 Å². The number of piperazine rings is 1. The molecule has 3 fully saturated rings. The van der Waals surface area contributed by atoms with E-state index in [9.17, 15) is 0 Å². The number of hydrogen-bond donors (Lipinski definition) is 0. The predicted octanol–water partition coefficient (Wildman–Crippen LogP) is 2.67. The highest BCUT2D eigenvalue weighted by atomic mass is 15.3. The maximum absolute atomic E-state index is 2.93. The Kier molecular flexibility index (Phi) is 5.23. The molecule has 0 aromatic heterocycles. The molecule has 0 spiro atoms. The van der Waals surface area contributed by atoms with Gasteiger partial charge in [-0.3, -0.25) is 9.80 Å². The van der Waals surface area contributed by atoms with Gasteiger partial charge in [0.1, 0.15) is 0 Å². The highest BCUT2D eigenvalue weighted by Gasteiger charge is 2.40. The van der Waals surface area contributed by atoms with Crippen molar-refractivity contribution in [2.24, 2.45) is 5.92 Å². The lowest BCUT2D eigenvalue weighted by Gasteiger charge is -2.53. The summed E-state index contributed by atoms with van der Waals surface area (Å²) in [5, 5.41) is 0. The largest absolute Gasteiger partial charge is 0.302 e. The number of nitrogens with zero attached hydrogens (tertiary/aromatic N) is 3. The fourth-order valence-corrected chi connectivity index (χ4v) is 4.83. The Bertz CT molecular complexity index is 330. The van der Waals surface area contributed by atoms with Crippen molar-refractivity contribution in [3.05, 3.63) is 0 Å². The van der Waals surface area contributed by atoms with Gasteiger partial charge in [-0.25, -0.2) is 0 Å². The molecular formula is C18H35N3. The minimum atomic E-state index is 0.779. The summed E-state index contributed by atoms with van der Waals surface area (Å²) in [6.07, 6.45) is 7.13. The monoisotopic (exact) mass is 293 g/mol. The predicted molar refractivity (Wildman–Crippen MR) is 89.7 cm³/mol. The van der Waals surface area contributed by atoms with Crippen LogP contribution in [-0.4, -0.2) is 72.1 Å². The SMILES string of the molecule is CCN1CCCC(N2CC3CCCCN3CC2C(C)C)C1. The first-order valence-electron chi connectivity index (χ1n) is 9.41. The molecule has 0 radical (unpaired) electrons. The molecule has 3 atom stereocenters. The summed E-state index contributed by atoms with van der Waals surface area (Å²) in [6, 6.07) is 2.45. The zero-order chi connectivity index (χ0) is 14.8. The van der Waals surface area contributed by atoms with Gasteiger partial charge in [-0.1, -0.05) is 27.2 Å². The molecular weight excluding hydrogens is 258 g/mol. The van der Waals surface area contributed by atoms with E-state index in [-0.39, 0.29) is 0 Å². The number of likely N-dealkylation sites (N-methyl/N-ethyl adjacent to an activating group) is 1. The molecule has 0 amide bonds. The normalized spacial score (nSPS) is 36.9. The zero-order valence-electron chi connectivity index (χ0n) is 14.4. The molecule has 3 saturated heterocycles. The molecule has 3 aliphatic heterocycles. The summed E-state index contributed by atoms with van der Waals surface area (Å²) in [4.78, 5) is 8.41. The highest BCUT2D eigenvalue weighted by molar-refractivity contribution is 4.96. The maximum Gasteiger partial charge on any atom is 0.0250 e. The van der Waals surface area contributed by atoms with E-state index in [2.05, 4.69) is 35.5 Å². The fourth-order valence-electron chi connectivity index (χ4n) is 4.83. The molecule has 3 rings (SSSR count). The number of likely N-dealkylation sites (tertiary alicyclic amines) is 1. The molecule has 0 N–H and O–H groups in total. The Morgan fingerprint density at radius 1 is 0.905 bits per heavy atom. The third-order valence-corrected chi connectivity index (χ3v) is 6.18. The first-order valence-corrected chi connectivity index (χ1v) is 9.41. The van der Waals surface area contributed by atoms with Gasteiger partial charge in [0.15, 0.2) is 0 Å². The van der Waals surface area contributed by atoms with Crippen molar-refractivity contribution < 1.29 is 0 Å². The van der Waals surface area contributed by atoms with Gasteiger partial charge in [-0.2, -0.15) is 0 Å². The Morgan fingerprint density at radius 3 is 2.48 bits per heavy atom. The Hall–Kier alpha value is -0.120. The first-order chi connectivity index (χ1) is 10.2. The molecule has 3 heterocycles. The third-order valence-electron chi connectivity index (χ3n) is 6.18. The van der Waals surface area contributed by atoms with Gasteiger partial charge >= 0.3 is 0 Å². The molecule has 0 aromatic rings. The molecule has 122 valence electrons. The second-order valence-corrected chi connectivity index (χ2v) is 7.84. The Balaban J connectivity index is 1.71. The van der Waals surface area contributed by atoms with E-state index in [1.54, 1.807) is 0 Å². The van der Waals surface area contributed by atoms with Crippen molar-refractivity contribution in [2.75, 3.05) is 39.3 Å². The van der Waals surface area contributed by atoms with E-state index in [0.717, 1.165) is 24.0 Å². The van der Waals surface area contributed by atoms with Gasteiger partial charge in [0.25, 0.3) is 0 Å². The lowest BCUT2D eigenvalue weighted by molar-refractivity contribution is -0.0452. The van der Waals surface area contributed by atoms with Crippen LogP contribution in [0.3, 0.4) is 0 Å². The first kappa shape index (κ1) is 15.8. The van der Waals surface area contributed by atoms with Crippen molar-refractivity contribution in [1.29, 1.82) is 0 Å². The van der Waals surface area contributed by atoms with E-state index >= 15 is 0 Å². The molecule has 3 aliphatic rings. The number of fused-ring (bicyclic) bond motifs is 1. The average Bonchev–Trinajstić information content (AvgIpc) is 2.53. The van der Waals surface area contributed by atoms with E-state index in [1.165, 1.54) is 71.4 Å². The van der Waals surface area contributed by atoms with Gasteiger partial charge in [-0.15, -0.1) is 0 Å². The van der Waals surface area contributed by atoms with Gasteiger partial charge < -0.3 is 4.90 Å². The van der Waals surface area contributed by atoms with Crippen molar-refractivity contribution in [3.63, 3.8) is 0 Å². The summed E-state index contributed by atoms with van der Waals surface area (Å²) in [5.41, 5.74) is 0. The van der Waals surface area contributed by atoms with Crippen LogP contribution < -0.4 is 0 Å². The molecule has 3 heteroatoms. The molecule has 0 aromatic carbocycles. The van der Waals surface area contributed by atoms with E-state index in [0.29, 0.717) is 0 Å². The van der Waals surface area contributed by atoms with Crippen LogP contribution in [0.4, 0.5) is 0 Å². The van der Waals surface area contributed by atoms with Crippen molar-refractivity contribution in [2.45, 2.75) is 71.0 Å². The minimum Gasteiger partial charge on any atom is -0.302 e. The van der Waals surface area contributed by atoms with Crippen LogP contribution in [0.15, 0.2) is 0 Å².